The average Bonchev–Trinajstić information content (AvgIpc) is 2.85. The maximum Gasteiger partial charge on any atom is 0.107 e. The van der Waals surface area contributed by atoms with Gasteiger partial charge in [0.1, 0.15) is 6.61 Å². The smallest absolute Gasteiger partial charge is 0.107 e. The number of ether oxygens (including phenoxy) is 10. The molecule has 1 N–H and O–H groups in total. The van der Waals surface area contributed by atoms with Crippen LogP contribution in [0.5, 0.6) is 0 Å². The molecular weight excluding hydrogens is 452 g/mol. The molecule has 11 heteroatoms. The Morgan fingerprint density at radius 3 is 0.765 bits per heavy atom. The molecule has 202 valence electrons. The van der Waals surface area contributed by atoms with Gasteiger partial charge in [-0.2, -0.15) is 0 Å². The van der Waals surface area contributed by atoms with Crippen molar-refractivity contribution in [2.45, 2.75) is 0 Å². The second kappa shape index (κ2) is 32.1. The third-order valence-electron chi connectivity index (χ3n) is 3.77. The zero-order chi connectivity index (χ0) is 24.6. The van der Waals surface area contributed by atoms with E-state index >= 15 is 0 Å². The number of hydrogen-bond donors (Lipinski definition) is 1. The minimum absolute atomic E-state index is 0.0273. The van der Waals surface area contributed by atoms with Crippen molar-refractivity contribution in [2.75, 3.05) is 139 Å². The van der Waals surface area contributed by atoms with Crippen LogP contribution in [0.25, 0.3) is 0 Å². The Kier molecular flexibility index (Phi) is 31.3. The van der Waals surface area contributed by atoms with Crippen LogP contribution in [0.1, 0.15) is 0 Å². The highest BCUT2D eigenvalue weighted by atomic mass is 16.6. The predicted molar refractivity (Wildman–Crippen MR) is 124 cm³/mol. The van der Waals surface area contributed by atoms with Crippen LogP contribution in [-0.2, 0) is 47.4 Å². The zero-order valence-electron chi connectivity index (χ0n) is 20.5. The number of aliphatic hydroxyl groups is 1. The van der Waals surface area contributed by atoms with Gasteiger partial charge in [-0.3, -0.25) is 0 Å². The van der Waals surface area contributed by atoms with E-state index in [9.17, 15) is 0 Å². The fraction of sp³-hybridized carbons (Fsp3) is 0.913. The van der Waals surface area contributed by atoms with Crippen molar-refractivity contribution in [1.29, 1.82) is 0 Å². The Hall–Kier alpha value is -0.880. The first-order valence-corrected chi connectivity index (χ1v) is 11.7. The van der Waals surface area contributed by atoms with E-state index in [0.29, 0.717) is 132 Å². The van der Waals surface area contributed by atoms with Gasteiger partial charge in [0.15, 0.2) is 0 Å². The van der Waals surface area contributed by atoms with E-state index in [4.69, 9.17) is 58.9 Å². The van der Waals surface area contributed by atoms with Gasteiger partial charge in [0.05, 0.1) is 132 Å². The molecule has 0 amide bonds. The second-order valence-corrected chi connectivity index (χ2v) is 6.49. The first kappa shape index (κ1) is 33.1. The Bertz CT molecular complexity index is 407. The predicted octanol–water partition coefficient (Wildman–Crippen LogP) is -0.222. The molecule has 0 unspecified atom stereocenters. The van der Waals surface area contributed by atoms with Crippen LogP contribution in [-0.4, -0.2) is 144 Å². The summed E-state index contributed by atoms with van der Waals surface area (Å²) in [6, 6.07) is 0. The second-order valence-electron chi connectivity index (χ2n) is 6.49. The van der Waals surface area contributed by atoms with Crippen molar-refractivity contribution in [3.05, 3.63) is 0 Å². The number of terminal acetylenes is 1. The van der Waals surface area contributed by atoms with E-state index in [0.717, 1.165) is 0 Å². The molecular formula is C23H44O11. The number of aliphatic hydroxyl groups excluding tert-OH is 1. The minimum Gasteiger partial charge on any atom is -0.394 e. The Labute approximate surface area is 204 Å². The minimum atomic E-state index is 0.0273. The van der Waals surface area contributed by atoms with E-state index < -0.39 is 0 Å². The molecule has 0 heterocycles. The van der Waals surface area contributed by atoms with Crippen molar-refractivity contribution in [2.24, 2.45) is 0 Å². The first-order valence-electron chi connectivity index (χ1n) is 11.7. The molecule has 0 aliphatic heterocycles. The highest BCUT2D eigenvalue weighted by Crippen LogP contribution is 1.86. The summed E-state index contributed by atoms with van der Waals surface area (Å²) in [4.78, 5) is 0. The molecule has 0 aliphatic carbocycles. The summed E-state index contributed by atoms with van der Waals surface area (Å²) >= 11 is 0. The SMILES string of the molecule is C#CCOCCOCCOCCOCCOCCOCCOCCOCCOCCOCCO. The summed E-state index contributed by atoms with van der Waals surface area (Å²) in [5, 5.41) is 8.55. The van der Waals surface area contributed by atoms with Gasteiger partial charge in [0, 0.05) is 0 Å². The molecule has 0 radical (unpaired) electrons. The monoisotopic (exact) mass is 496 g/mol. The summed E-state index contributed by atoms with van der Waals surface area (Å²) in [5.74, 6) is 2.39. The molecule has 0 fully saturated rings. The van der Waals surface area contributed by atoms with E-state index in [-0.39, 0.29) is 6.61 Å². The lowest BCUT2D eigenvalue weighted by Crippen LogP contribution is -2.15. The first-order chi connectivity index (χ1) is 16.9. The van der Waals surface area contributed by atoms with Crippen molar-refractivity contribution < 1.29 is 52.5 Å². The normalized spacial score (nSPS) is 11.2. The van der Waals surface area contributed by atoms with E-state index in [1.807, 2.05) is 0 Å². The largest absolute Gasteiger partial charge is 0.394 e. The van der Waals surface area contributed by atoms with Gasteiger partial charge in [-0.1, -0.05) is 5.92 Å². The standard InChI is InChI=1S/C23H44O11/c1-2-4-25-6-8-27-10-12-29-14-16-31-18-20-33-22-23-34-21-19-32-17-15-30-13-11-28-9-7-26-5-3-24/h1,24H,3-23H2. The summed E-state index contributed by atoms with van der Waals surface area (Å²) in [5.41, 5.74) is 0. The zero-order valence-corrected chi connectivity index (χ0v) is 20.5. The molecule has 0 spiro atoms. The molecule has 11 nitrogen and oxygen atoms in total. The van der Waals surface area contributed by atoms with Crippen LogP contribution in [0.3, 0.4) is 0 Å². The van der Waals surface area contributed by atoms with Gasteiger partial charge in [-0.25, -0.2) is 0 Å². The summed E-state index contributed by atoms with van der Waals surface area (Å²) in [6.07, 6.45) is 5.06. The van der Waals surface area contributed by atoms with Crippen LogP contribution in [0.15, 0.2) is 0 Å². The van der Waals surface area contributed by atoms with Gasteiger partial charge in [-0.15, -0.1) is 6.42 Å². The van der Waals surface area contributed by atoms with Gasteiger partial charge >= 0.3 is 0 Å². The average molecular weight is 497 g/mol. The molecule has 0 aromatic carbocycles. The molecule has 0 aliphatic rings. The molecule has 0 bridgehead atoms. The lowest BCUT2D eigenvalue weighted by atomic mass is 10.6. The Balaban J connectivity index is 3.00. The lowest BCUT2D eigenvalue weighted by Gasteiger charge is -2.08. The van der Waals surface area contributed by atoms with E-state index in [1.165, 1.54) is 0 Å². The van der Waals surface area contributed by atoms with Gasteiger partial charge in [-0.05, 0) is 0 Å². The topological polar surface area (TPSA) is 113 Å². The van der Waals surface area contributed by atoms with Gasteiger partial charge in [0.2, 0.25) is 0 Å². The number of hydrogen-bond acceptors (Lipinski definition) is 11. The Morgan fingerprint density at radius 1 is 0.353 bits per heavy atom. The maximum absolute atomic E-state index is 8.55. The molecule has 0 aromatic rings. The van der Waals surface area contributed by atoms with Crippen molar-refractivity contribution in [1.82, 2.24) is 0 Å². The van der Waals surface area contributed by atoms with Crippen LogP contribution in [0.2, 0.25) is 0 Å². The van der Waals surface area contributed by atoms with Crippen LogP contribution in [0, 0.1) is 12.3 Å². The van der Waals surface area contributed by atoms with Gasteiger partial charge in [0.25, 0.3) is 0 Å². The summed E-state index contributed by atoms with van der Waals surface area (Å²) in [7, 11) is 0. The molecule has 34 heavy (non-hydrogen) atoms. The summed E-state index contributed by atoms with van der Waals surface area (Å²) in [6.45, 7) is 9.79. The van der Waals surface area contributed by atoms with Crippen molar-refractivity contribution in [3.63, 3.8) is 0 Å². The lowest BCUT2D eigenvalue weighted by molar-refractivity contribution is -0.0265. The maximum atomic E-state index is 8.55. The third kappa shape index (κ3) is 31.1. The van der Waals surface area contributed by atoms with Crippen LogP contribution < -0.4 is 0 Å². The fourth-order valence-electron chi connectivity index (χ4n) is 2.17. The quantitative estimate of drug-likeness (QED) is 0.105. The molecule has 0 atom stereocenters. The van der Waals surface area contributed by atoms with Gasteiger partial charge < -0.3 is 52.5 Å². The molecule has 0 aromatic heterocycles. The van der Waals surface area contributed by atoms with Crippen LogP contribution >= 0.6 is 0 Å². The number of rotatable bonds is 30. The van der Waals surface area contributed by atoms with E-state index in [1.54, 1.807) is 0 Å². The fourth-order valence-corrected chi connectivity index (χ4v) is 2.17. The highest BCUT2D eigenvalue weighted by Gasteiger charge is 1.95. The van der Waals surface area contributed by atoms with E-state index in [2.05, 4.69) is 5.92 Å². The molecule has 0 saturated carbocycles. The Morgan fingerprint density at radius 2 is 0.559 bits per heavy atom. The summed E-state index contributed by atoms with van der Waals surface area (Å²) < 4.78 is 53.2. The van der Waals surface area contributed by atoms with Crippen molar-refractivity contribution in [3.8, 4) is 12.3 Å². The third-order valence-corrected chi connectivity index (χ3v) is 3.77. The molecule has 0 rings (SSSR count). The van der Waals surface area contributed by atoms with Crippen molar-refractivity contribution >= 4 is 0 Å². The van der Waals surface area contributed by atoms with Crippen LogP contribution in [0.4, 0.5) is 0 Å². The molecule has 0 saturated heterocycles. The highest BCUT2D eigenvalue weighted by molar-refractivity contribution is 4.82.